The number of carbonyl (C=O) groups excluding carboxylic acids is 1. The Morgan fingerprint density at radius 1 is 1.07 bits per heavy atom. The number of aromatic nitrogens is 2. The minimum atomic E-state index is 0.0148. The first-order chi connectivity index (χ1) is 14.6. The van der Waals surface area contributed by atoms with E-state index in [0.29, 0.717) is 11.6 Å². The minimum Gasteiger partial charge on any atom is -0.355 e. The number of benzene rings is 2. The number of carbonyl (C=O) groups is 1. The first-order valence-corrected chi connectivity index (χ1v) is 11.2. The van der Waals surface area contributed by atoms with E-state index in [-0.39, 0.29) is 5.91 Å². The maximum absolute atomic E-state index is 12.3. The van der Waals surface area contributed by atoms with Gasteiger partial charge in [0.2, 0.25) is 0 Å². The zero-order valence-electron chi connectivity index (χ0n) is 17.3. The standard InChI is InChI=1S/C24H26N4OS/c1-17-13-22(28(2)15-18-7-4-3-5-8-18)27-24(25-17)30-16-19-9-6-10-20(14-19)23(29)26-21-11-12-21/h3-10,13-14,21H,11-12,15-16H2,1-2H3,(H,26,29). The molecule has 5 nitrogen and oxygen atoms in total. The Morgan fingerprint density at radius 3 is 2.60 bits per heavy atom. The highest BCUT2D eigenvalue weighted by atomic mass is 32.2. The van der Waals surface area contributed by atoms with Crippen molar-refractivity contribution in [3.63, 3.8) is 0 Å². The number of nitrogens with zero attached hydrogens (tertiary/aromatic N) is 3. The molecular weight excluding hydrogens is 392 g/mol. The van der Waals surface area contributed by atoms with Gasteiger partial charge in [-0.3, -0.25) is 4.79 Å². The molecule has 1 amide bonds. The predicted molar refractivity (Wildman–Crippen MR) is 122 cm³/mol. The third-order valence-corrected chi connectivity index (χ3v) is 5.86. The van der Waals surface area contributed by atoms with Gasteiger partial charge in [-0.25, -0.2) is 9.97 Å². The number of hydrogen-bond donors (Lipinski definition) is 1. The van der Waals surface area contributed by atoms with Crippen molar-refractivity contribution in [1.29, 1.82) is 0 Å². The molecule has 3 aromatic rings. The van der Waals surface area contributed by atoms with Gasteiger partial charge in [0.25, 0.3) is 5.91 Å². The summed E-state index contributed by atoms with van der Waals surface area (Å²) in [5.41, 5.74) is 3.99. The van der Waals surface area contributed by atoms with Gasteiger partial charge in [0.1, 0.15) is 5.82 Å². The van der Waals surface area contributed by atoms with Crippen molar-refractivity contribution in [3.8, 4) is 0 Å². The van der Waals surface area contributed by atoms with Gasteiger partial charge in [0, 0.05) is 42.7 Å². The van der Waals surface area contributed by atoms with Crippen LogP contribution < -0.4 is 10.2 Å². The smallest absolute Gasteiger partial charge is 0.251 e. The van der Waals surface area contributed by atoms with Crippen molar-refractivity contribution >= 4 is 23.5 Å². The van der Waals surface area contributed by atoms with Crippen LogP contribution in [0.4, 0.5) is 5.82 Å². The Morgan fingerprint density at radius 2 is 1.83 bits per heavy atom. The number of thioether (sulfide) groups is 1. The van der Waals surface area contributed by atoms with Crippen LogP contribution in [-0.2, 0) is 12.3 Å². The van der Waals surface area contributed by atoms with Gasteiger partial charge < -0.3 is 10.2 Å². The average molecular weight is 419 g/mol. The Bertz CT molecular complexity index is 1020. The highest BCUT2D eigenvalue weighted by Crippen LogP contribution is 2.24. The third-order valence-electron chi connectivity index (χ3n) is 4.94. The van der Waals surface area contributed by atoms with Crippen LogP contribution in [0.25, 0.3) is 0 Å². The second kappa shape index (κ2) is 9.30. The molecule has 30 heavy (non-hydrogen) atoms. The van der Waals surface area contributed by atoms with E-state index in [0.717, 1.165) is 47.4 Å². The molecule has 1 fully saturated rings. The Balaban J connectivity index is 1.41. The van der Waals surface area contributed by atoms with Crippen LogP contribution in [-0.4, -0.2) is 29.0 Å². The van der Waals surface area contributed by atoms with Gasteiger partial charge >= 0.3 is 0 Å². The van der Waals surface area contributed by atoms with Crippen molar-refractivity contribution < 1.29 is 4.79 Å². The van der Waals surface area contributed by atoms with Gasteiger partial charge in [-0.15, -0.1) is 0 Å². The summed E-state index contributed by atoms with van der Waals surface area (Å²) >= 11 is 1.59. The van der Waals surface area contributed by atoms with Crippen LogP contribution >= 0.6 is 11.8 Å². The lowest BCUT2D eigenvalue weighted by atomic mass is 10.1. The average Bonchev–Trinajstić information content (AvgIpc) is 3.57. The molecule has 0 saturated heterocycles. The number of amides is 1. The fraction of sp³-hybridized carbons (Fsp3) is 0.292. The maximum atomic E-state index is 12.3. The molecule has 1 aliphatic carbocycles. The molecule has 0 bridgehead atoms. The normalized spacial score (nSPS) is 13.1. The second-order valence-electron chi connectivity index (χ2n) is 7.73. The summed E-state index contributed by atoms with van der Waals surface area (Å²) < 4.78 is 0. The Kier molecular flexibility index (Phi) is 6.33. The van der Waals surface area contributed by atoms with Crippen LogP contribution in [0.3, 0.4) is 0 Å². The van der Waals surface area contributed by atoms with Crippen LogP contribution in [0.5, 0.6) is 0 Å². The van der Waals surface area contributed by atoms with Crippen molar-refractivity contribution in [2.45, 2.75) is 43.3 Å². The molecule has 0 radical (unpaired) electrons. The summed E-state index contributed by atoms with van der Waals surface area (Å²) in [5.74, 6) is 1.64. The largest absolute Gasteiger partial charge is 0.355 e. The quantitative estimate of drug-likeness (QED) is 0.428. The molecule has 1 aliphatic rings. The lowest BCUT2D eigenvalue weighted by Crippen LogP contribution is -2.25. The Labute approximate surface area is 181 Å². The summed E-state index contributed by atoms with van der Waals surface area (Å²) in [5, 5.41) is 3.79. The zero-order valence-corrected chi connectivity index (χ0v) is 18.2. The first-order valence-electron chi connectivity index (χ1n) is 10.2. The summed E-state index contributed by atoms with van der Waals surface area (Å²) in [7, 11) is 2.05. The van der Waals surface area contributed by atoms with Gasteiger partial charge in [0.15, 0.2) is 5.16 Å². The van der Waals surface area contributed by atoms with Crippen molar-refractivity contribution in [3.05, 3.63) is 83.0 Å². The van der Waals surface area contributed by atoms with Gasteiger partial charge in [-0.2, -0.15) is 0 Å². The monoisotopic (exact) mass is 418 g/mol. The van der Waals surface area contributed by atoms with E-state index in [1.54, 1.807) is 11.8 Å². The molecule has 1 N–H and O–H groups in total. The van der Waals surface area contributed by atoms with Crippen molar-refractivity contribution in [2.24, 2.45) is 0 Å². The molecule has 1 aromatic heterocycles. The molecule has 4 rings (SSSR count). The molecule has 1 heterocycles. The number of aryl methyl sites for hydroxylation is 1. The maximum Gasteiger partial charge on any atom is 0.251 e. The molecule has 1 saturated carbocycles. The highest BCUT2D eigenvalue weighted by molar-refractivity contribution is 7.98. The van der Waals surface area contributed by atoms with E-state index < -0.39 is 0 Å². The molecule has 0 unspecified atom stereocenters. The van der Waals surface area contributed by atoms with Crippen molar-refractivity contribution in [1.82, 2.24) is 15.3 Å². The second-order valence-corrected chi connectivity index (χ2v) is 8.67. The zero-order chi connectivity index (χ0) is 20.9. The SMILES string of the molecule is Cc1cc(N(C)Cc2ccccc2)nc(SCc2cccc(C(=O)NC3CC3)c2)n1. The summed E-state index contributed by atoms with van der Waals surface area (Å²) in [4.78, 5) is 23.8. The van der Waals surface area contributed by atoms with E-state index in [2.05, 4.69) is 39.5 Å². The number of nitrogens with one attached hydrogen (secondary N) is 1. The van der Waals surface area contributed by atoms with E-state index >= 15 is 0 Å². The van der Waals surface area contributed by atoms with E-state index in [4.69, 9.17) is 4.98 Å². The lowest BCUT2D eigenvalue weighted by molar-refractivity contribution is 0.0951. The van der Waals surface area contributed by atoms with Crippen LogP contribution in [0, 0.1) is 6.92 Å². The molecule has 0 spiro atoms. The summed E-state index contributed by atoms with van der Waals surface area (Å²) in [6, 6.07) is 20.5. The van der Waals surface area contributed by atoms with Crippen LogP contribution in [0.2, 0.25) is 0 Å². The first kappa shape index (κ1) is 20.4. The molecule has 2 aromatic carbocycles. The van der Waals surface area contributed by atoms with Gasteiger partial charge in [-0.05, 0) is 43.0 Å². The molecular formula is C24H26N4OS. The summed E-state index contributed by atoms with van der Waals surface area (Å²) in [6.07, 6.45) is 2.18. The van der Waals surface area contributed by atoms with Crippen LogP contribution in [0.15, 0.2) is 65.8 Å². The lowest BCUT2D eigenvalue weighted by Gasteiger charge is -2.19. The highest BCUT2D eigenvalue weighted by Gasteiger charge is 2.23. The van der Waals surface area contributed by atoms with Gasteiger partial charge in [-0.1, -0.05) is 54.2 Å². The van der Waals surface area contributed by atoms with Gasteiger partial charge in [0.05, 0.1) is 0 Å². The third kappa shape index (κ3) is 5.60. The Hall–Kier alpha value is -2.86. The molecule has 6 heteroatoms. The van der Waals surface area contributed by atoms with E-state index in [1.165, 1.54) is 5.56 Å². The number of hydrogen-bond acceptors (Lipinski definition) is 5. The fourth-order valence-electron chi connectivity index (χ4n) is 3.17. The predicted octanol–water partition coefficient (Wildman–Crippen LogP) is 4.61. The topological polar surface area (TPSA) is 58.1 Å². The summed E-state index contributed by atoms with van der Waals surface area (Å²) in [6.45, 7) is 2.79. The molecule has 0 aliphatic heterocycles. The van der Waals surface area contributed by atoms with E-state index in [1.807, 2.05) is 50.4 Å². The fourth-order valence-corrected chi connectivity index (χ4v) is 4.01. The van der Waals surface area contributed by atoms with Crippen molar-refractivity contribution in [2.75, 3.05) is 11.9 Å². The van der Waals surface area contributed by atoms with E-state index in [9.17, 15) is 4.79 Å². The molecule has 154 valence electrons. The number of rotatable bonds is 8. The molecule has 0 atom stereocenters. The minimum absolute atomic E-state index is 0.0148. The van der Waals surface area contributed by atoms with Crippen LogP contribution in [0.1, 0.15) is 40.0 Å². The number of anilines is 1.